The molecule has 1 rings (SSSR count). The normalized spacial score (nSPS) is 10.4. The van der Waals surface area contributed by atoms with E-state index in [9.17, 15) is 24.6 Å². The Morgan fingerprint density at radius 2 is 1.61 bits per heavy atom. The van der Waals surface area contributed by atoms with Gasteiger partial charge in [-0.25, -0.2) is 4.79 Å². The number of amides is 1. The summed E-state index contributed by atoms with van der Waals surface area (Å²) < 4.78 is 9.18. The van der Waals surface area contributed by atoms with E-state index in [1.165, 1.54) is 13.5 Å². The van der Waals surface area contributed by atoms with Gasteiger partial charge in [-0.1, -0.05) is 39.0 Å². The van der Waals surface area contributed by atoms with Crippen molar-refractivity contribution in [1.82, 2.24) is 5.32 Å². The maximum Gasteiger partial charge on any atom is 0.341 e. The second kappa shape index (κ2) is 11.8. The summed E-state index contributed by atoms with van der Waals surface area (Å²) in [7, 11) is 2.28. The topological polar surface area (TPSA) is 122 Å². The first kappa shape index (κ1) is 23.3. The van der Waals surface area contributed by atoms with Gasteiger partial charge in [0, 0.05) is 6.54 Å². The quantitative estimate of drug-likeness (QED) is 0.389. The molecule has 8 nitrogen and oxygen atoms in total. The molecule has 0 radical (unpaired) electrons. The second-order valence-corrected chi connectivity index (χ2v) is 6.42. The fourth-order valence-electron chi connectivity index (χ4n) is 2.82. The van der Waals surface area contributed by atoms with Gasteiger partial charge in [0.25, 0.3) is 5.91 Å². The van der Waals surface area contributed by atoms with Crippen LogP contribution in [0.4, 0.5) is 0 Å². The third-order valence-corrected chi connectivity index (χ3v) is 4.36. The van der Waals surface area contributed by atoms with Crippen molar-refractivity contribution in [1.29, 1.82) is 0 Å². The highest BCUT2D eigenvalue weighted by molar-refractivity contribution is 6.05. The number of ether oxygens (including phenoxy) is 2. The Hall–Kier alpha value is -2.77. The molecule has 1 aromatic rings. The molecule has 0 fully saturated rings. The SMILES string of the molecule is CCCCCCCCNC(=O)c1c(O)cc(CC(=O)OC)c(C(=O)OC)c1O. The summed E-state index contributed by atoms with van der Waals surface area (Å²) in [5.41, 5.74) is -0.781. The number of unbranched alkanes of at least 4 members (excludes halogenated alkanes) is 5. The minimum Gasteiger partial charge on any atom is -0.507 e. The van der Waals surface area contributed by atoms with Crippen molar-refractivity contribution in [3.63, 3.8) is 0 Å². The third kappa shape index (κ3) is 6.44. The molecule has 156 valence electrons. The smallest absolute Gasteiger partial charge is 0.341 e. The number of phenolic OH excluding ortho intramolecular Hbond substituents is 2. The molecule has 0 atom stereocenters. The molecule has 0 aliphatic carbocycles. The molecule has 0 unspecified atom stereocenters. The van der Waals surface area contributed by atoms with Gasteiger partial charge in [-0.15, -0.1) is 0 Å². The van der Waals surface area contributed by atoms with Crippen LogP contribution in [0.25, 0.3) is 0 Å². The van der Waals surface area contributed by atoms with Crippen molar-refractivity contribution in [2.75, 3.05) is 20.8 Å². The van der Waals surface area contributed by atoms with Gasteiger partial charge in [-0.3, -0.25) is 9.59 Å². The number of aromatic hydroxyl groups is 2. The second-order valence-electron chi connectivity index (χ2n) is 6.42. The van der Waals surface area contributed by atoms with Crippen molar-refractivity contribution < 1.29 is 34.1 Å². The highest BCUT2D eigenvalue weighted by Crippen LogP contribution is 2.34. The molecule has 0 heterocycles. The van der Waals surface area contributed by atoms with Crippen LogP contribution in [-0.4, -0.2) is 48.8 Å². The van der Waals surface area contributed by atoms with E-state index in [2.05, 4.69) is 21.7 Å². The zero-order valence-corrected chi connectivity index (χ0v) is 16.7. The van der Waals surface area contributed by atoms with Crippen LogP contribution in [0.3, 0.4) is 0 Å². The van der Waals surface area contributed by atoms with Crippen LogP contribution in [-0.2, 0) is 20.7 Å². The summed E-state index contributed by atoms with van der Waals surface area (Å²) in [6.07, 6.45) is 5.92. The fourth-order valence-corrected chi connectivity index (χ4v) is 2.82. The van der Waals surface area contributed by atoms with E-state index in [1.54, 1.807) is 0 Å². The first-order valence-corrected chi connectivity index (χ1v) is 9.38. The molecule has 0 saturated carbocycles. The first-order valence-electron chi connectivity index (χ1n) is 9.38. The number of rotatable bonds is 11. The van der Waals surface area contributed by atoms with Crippen LogP contribution in [0.15, 0.2) is 6.07 Å². The average molecular weight is 395 g/mol. The summed E-state index contributed by atoms with van der Waals surface area (Å²) >= 11 is 0. The Labute approximate surface area is 164 Å². The number of carbonyl (C=O) groups excluding carboxylic acids is 3. The lowest BCUT2D eigenvalue weighted by Crippen LogP contribution is -2.25. The zero-order valence-electron chi connectivity index (χ0n) is 16.7. The van der Waals surface area contributed by atoms with Crippen molar-refractivity contribution in [2.24, 2.45) is 0 Å². The molecule has 0 bridgehead atoms. The Balaban J connectivity index is 2.95. The number of nitrogens with one attached hydrogen (secondary N) is 1. The van der Waals surface area contributed by atoms with Gasteiger partial charge in [-0.2, -0.15) is 0 Å². The van der Waals surface area contributed by atoms with Crippen molar-refractivity contribution >= 4 is 17.8 Å². The lowest BCUT2D eigenvalue weighted by Gasteiger charge is -2.15. The largest absolute Gasteiger partial charge is 0.507 e. The number of hydrogen-bond acceptors (Lipinski definition) is 7. The molecule has 3 N–H and O–H groups in total. The number of phenols is 2. The van der Waals surface area contributed by atoms with E-state index in [0.717, 1.165) is 45.3 Å². The molecule has 0 spiro atoms. The van der Waals surface area contributed by atoms with Crippen molar-refractivity contribution in [3.05, 3.63) is 22.8 Å². The van der Waals surface area contributed by atoms with Crippen molar-refractivity contribution in [3.8, 4) is 11.5 Å². The van der Waals surface area contributed by atoms with Gasteiger partial charge in [-0.05, 0) is 18.1 Å². The predicted molar refractivity (Wildman–Crippen MR) is 103 cm³/mol. The highest BCUT2D eigenvalue weighted by Gasteiger charge is 2.28. The minimum absolute atomic E-state index is 0.00109. The Kier molecular flexibility index (Phi) is 9.84. The zero-order chi connectivity index (χ0) is 21.1. The standard InChI is InChI=1S/C20H29NO7/c1-4-5-6-7-8-9-10-21-19(25)17-14(22)11-13(12-15(23)27-2)16(18(17)24)20(26)28-3/h11,22,24H,4-10,12H2,1-3H3,(H,21,25). The lowest BCUT2D eigenvalue weighted by atomic mass is 9.98. The number of benzene rings is 1. The monoisotopic (exact) mass is 395 g/mol. The Morgan fingerprint density at radius 3 is 2.21 bits per heavy atom. The molecule has 1 aromatic carbocycles. The van der Waals surface area contributed by atoms with Gasteiger partial charge < -0.3 is 25.0 Å². The summed E-state index contributed by atoms with van der Waals surface area (Å²) in [6, 6.07) is 1.09. The van der Waals surface area contributed by atoms with E-state index < -0.39 is 34.9 Å². The lowest BCUT2D eigenvalue weighted by molar-refractivity contribution is -0.139. The third-order valence-electron chi connectivity index (χ3n) is 4.36. The Bertz CT molecular complexity index is 700. The molecule has 28 heavy (non-hydrogen) atoms. The maximum atomic E-state index is 12.4. The van der Waals surface area contributed by atoms with Gasteiger partial charge >= 0.3 is 11.9 Å². The number of methoxy groups -OCH3 is 2. The first-order chi connectivity index (χ1) is 13.4. The summed E-state index contributed by atoms with van der Waals surface area (Å²) in [5, 5.41) is 23.2. The van der Waals surface area contributed by atoms with Crippen molar-refractivity contribution in [2.45, 2.75) is 51.9 Å². The Morgan fingerprint density at radius 1 is 0.964 bits per heavy atom. The number of hydrogen-bond donors (Lipinski definition) is 3. The summed E-state index contributed by atoms with van der Waals surface area (Å²) in [5.74, 6) is -3.58. The summed E-state index contributed by atoms with van der Waals surface area (Å²) in [6.45, 7) is 2.51. The van der Waals surface area contributed by atoms with Crippen LogP contribution in [0, 0.1) is 0 Å². The van der Waals surface area contributed by atoms with Gasteiger partial charge in [0.15, 0.2) is 0 Å². The molecule has 0 aliphatic heterocycles. The van der Waals surface area contributed by atoms with Crippen LogP contribution >= 0.6 is 0 Å². The van der Waals surface area contributed by atoms with E-state index in [4.69, 9.17) is 0 Å². The number of esters is 2. The molecule has 0 aromatic heterocycles. The van der Waals surface area contributed by atoms with Crippen LogP contribution in [0.5, 0.6) is 11.5 Å². The molecular formula is C20H29NO7. The van der Waals surface area contributed by atoms with Crippen LogP contribution < -0.4 is 5.32 Å². The van der Waals surface area contributed by atoms with Crippen LogP contribution in [0.1, 0.15) is 71.7 Å². The highest BCUT2D eigenvalue weighted by atomic mass is 16.5. The predicted octanol–water partition coefficient (Wildman–Crippen LogP) is 2.69. The molecule has 0 saturated heterocycles. The number of carbonyl (C=O) groups is 3. The van der Waals surface area contributed by atoms with Gasteiger partial charge in [0.1, 0.15) is 22.6 Å². The van der Waals surface area contributed by atoms with Crippen LogP contribution in [0.2, 0.25) is 0 Å². The van der Waals surface area contributed by atoms with E-state index in [0.29, 0.717) is 6.54 Å². The van der Waals surface area contributed by atoms with E-state index in [-0.39, 0.29) is 17.5 Å². The minimum atomic E-state index is -0.929. The molecule has 1 amide bonds. The fraction of sp³-hybridized carbons (Fsp3) is 0.550. The van der Waals surface area contributed by atoms with E-state index >= 15 is 0 Å². The molecular weight excluding hydrogens is 366 g/mol. The molecule has 8 heteroatoms. The van der Waals surface area contributed by atoms with E-state index in [1.807, 2.05) is 0 Å². The van der Waals surface area contributed by atoms with Gasteiger partial charge in [0.2, 0.25) is 0 Å². The molecule has 0 aliphatic rings. The maximum absolute atomic E-state index is 12.4. The van der Waals surface area contributed by atoms with Gasteiger partial charge in [0.05, 0.1) is 20.6 Å². The average Bonchev–Trinajstić information content (AvgIpc) is 2.66. The summed E-state index contributed by atoms with van der Waals surface area (Å²) in [4.78, 5) is 36.0.